The SMILES string of the molecule is Cc1cn2cc(-c3cc4ccc(N5CC6CCN(C)C6C5)cc4oc3=O)cc2c(C)n1. The molecule has 0 amide bonds. The summed E-state index contributed by atoms with van der Waals surface area (Å²) in [5.41, 5.74) is 5.81. The molecule has 6 heteroatoms. The van der Waals surface area contributed by atoms with Crippen LogP contribution in [0.3, 0.4) is 0 Å². The Hall–Kier alpha value is -3.12. The molecule has 3 aromatic heterocycles. The second-order valence-corrected chi connectivity index (χ2v) is 9.16. The minimum absolute atomic E-state index is 0.305. The van der Waals surface area contributed by atoms with Gasteiger partial charge in [0.2, 0.25) is 0 Å². The number of aryl methyl sites for hydroxylation is 2. The van der Waals surface area contributed by atoms with Gasteiger partial charge in [0, 0.05) is 54.2 Å². The molecule has 0 bridgehead atoms. The fourth-order valence-corrected chi connectivity index (χ4v) is 5.46. The molecule has 2 atom stereocenters. The first kappa shape index (κ1) is 18.6. The van der Waals surface area contributed by atoms with Crippen LogP contribution in [0.15, 0.2) is 51.9 Å². The lowest BCUT2D eigenvalue weighted by Crippen LogP contribution is -2.32. The van der Waals surface area contributed by atoms with Crippen molar-refractivity contribution in [2.75, 3.05) is 31.6 Å². The average molecular weight is 415 g/mol. The van der Waals surface area contributed by atoms with Crippen molar-refractivity contribution >= 4 is 22.2 Å². The summed E-state index contributed by atoms with van der Waals surface area (Å²) in [5, 5.41) is 0.941. The summed E-state index contributed by atoms with van der Waals surface area (Å²) in [6, 6.07) is 10.8. The maximum absolute atomic E-state index is 12.9. The third-order valence-electron chi connectivity index (χ3n) is 7.11. The van der Waals surface area contributed by atoms with E-state index >= 15 is 0 Å². The molecule has 6 rings (SSSR count). The molecule has 5 heterocycles. The van der Waals surface area contributed by atoms with Crippen LogP contribution in [-0.2, 0) is 0 Å². The van der Waals surface area contributed by atoms with Gasteiger partial charge in [-0.05, 0) is 64.0 Å². The number of hydrogen-bond donors (Lipinski definition) is 0. The van der Waals surface area contributed by atoms with E-state index in [2.05, 4.69) is 34.0 Å². The number of benzene rings is 1. The molecule has 0 spiro atoms. The van der Waals surface area contributed by atoms with Gasteiger partial charge in [-0.2, -0.15) is 0 Å². The number of likely N-dealkylation sites (tertiary alicyclic amines) is 1. The fraction of sp³-hybridized carbons (Fsp3) is 0.360. The summed E-state index contributed by atoms with van der Waals surface area (Å²) in [6.07, 6.45) is 5.22. The fourth-order valence-electron chi connectivity index (χ4n) is 5.46. The zero-order chi connectivity index (χ0) is 21.3. The third kappa shape index (κ3) is 2.97. The minimum atomic E-state index is -0.305. The van der Waals surface area contributed by atoms with Gasteiger partial charge in [-0.15, -0.1) is 0 Å². The highest BCUT2D eigenvalue weighted by molar-refractivity contribution is 5.85. The Morgan fingerprint density at radius 1 is 1.10 bits per heavy atom. The Kier molecular flexibility index (Phi) is 4.02. The van der Waals surface area contributed by atoms with Gasteiger partial charge in [0.05, 0.1) is 22.5 Å². The van der Waals surface area contributed by atoms with Gasteiger partial charge in [0.25, 0.3) is 0 Å². The quantitative estimate of drug-likeness (QED) is 0.466. The van der Waals surface area contributed by atoms with Crippen LogP contribution in [-0.4, -0.2) is 47.0 Å². The number of fused-ring (bicyclic) bond motifs is 3. The van der Waals surface area contributed by atoms with E-state index in [0.717, 1.165) is 52.5 Å². The summed E-state index contributed by atoms with van der Waals surface area (Å²) in [5.74, 6) is 0.737. The Morgan fingerprint density at radius 3 is 2.81 bits per heavy atom. The molecule has 0 aliphatic carbocycles. The predicted molar refractivity (Wildman–Crippen MR) is 123 cm³/mol. The first-order valence-electron chi connectivity index (χ1n) is 11.0. The second kappa shape index (κ2) is 6.69. The molecule has 2 aliphatic heterocycles. The highest BCUT2D eigenvalue weighted by atomic mass is 16.4. The van der Waals surface area contributed by atoms with Gasteiger partial charge in [0.1, 0.15) is 5.58 Å². The average Bonchev–Trinajstić information content (AvgIpc) is 3.43. The van der Waals surface area contributed by atoms with E-state index in [1.54, 1.807) is 0 Å². The first-order valence-corrected chi connectivity index (χ1v) is 11.0. The molecule has 2 saturated heterocycles. The standard InChI is InChI=1S/C25H26N4O2/c1-15-11-29-13-19(9-22(29)16(2)26-15)21-8-17-4-5-20(10-24(17)31-25(21)30)28-12-18-6-7-27(3)23(18)14-28/h4-5,8-11,13,18,23H,6-7,12,14H2,1-3H3. The van der Waals surface area contributed by atoms with Crippen molar-refractivity contribution in [2.45, 2.75) is 26.3 Å². The van der Waals surface area contributed by atoms with Crippen molar-refractivity contribution in [2.24, 2.45) is 5.92 Å². The molecule has 2 unspecified atom stereocenters. The maximum Gasteiger partial charge on any atom is 0.344 e. The molecule has 2 aliphatic rings. The number of rotatable bonds is 2. The first-order chi connectivity index (χ1) is 15.0. The lowest BCUT2D eigenvalue weighted by molar-refractivity contribution is 0.310. The van der Waals surface area contributed by atoms with Crippen LogP contribution in [0.5, 0.6) is 0 Å². The van der Waals surface area contributed by atoms with Gasteiger partial charge in [-0.25, -0.2) is 4.79 Å². The van der Waals surface area contributed by atoms with Crippen LogP contribution >= 0.6 is 0 Å². The summed E-state index contributed by atoms with van der Waals surface area (Å²) < 4.78 is 7.82. The van der Waals surface area contributed by atoms with Crippen molar-refractivity contribution in [3.63, 3.8) is 0 Å². The van der Waals surface area contributed by atoms with E-state index in [4.69, 9.17) is 4.42 Å². The number of hydrogen-bond acceptors (Lipinski definition) is 5. The van der Waals surface area contributed by atoms with Crippen molar-refractivity contribution < 1.29 is 4.42 Å². The van der Waals surface area contributed by atoms with Gasteiger partial charge in [-0.1, -0.05) is 0 Å². The van der Waals surface area contributed by atoms with Crippen LogP contribution in [0.2, 0.25) is 0 Å². The molecule has 2 fully saturated rings. The Balaban J connectivity index is 1.38. The van der Waals surface area contributed by atoms with Crippen LogP contribution in [0, 0.1) is 19.8 Å². The summed E-state index contributed by atoms with van der Waals surface area (Å²) in [7, 11) is 2.22. The monoisotopic (exact) mass is 414 g/mol. The highest BCUT2D eigenvalue weighted by Gasteiger charge is 2.39. The zero-order valence-electron chi connectivity index (χ0n) is 18.1. The third-order valence-corrected chi connectivity index (χ3v) is 7.11. The van der Waals surface area contributed by atoms with Gasteiger partial charge >= 0.3 is 5.63 Å². The topological polar surface area (TPSA) is 54.0 Å². The number of aromatic nitrogens is 2. The summed E-state index contributed by atoms with van der Waals surface area (Å²) in [4.78, 5) is 22.3. The molecule has 31 heavy (non-hydrogen) atoms. The van der Waals surface area contributed by atoms with Crippen LogP contribution in [0.4, 0.5) is 5.69 Å². The summed E-state index contributed by atoms with van der Waals surface area (Å²) in [6.45, 7) is 7.27. The molecule has 4 aromatic rings. The molecule has 1 aromatic carbocycles. The summed E-state index contributed by atoms with van der Waals surface area (Å²) >= 11 is 0. The minimum Gasteiger partial charge on any atom is -0.422 e. The van der Waals surface area contributed by atoms with E-state index in [0.29, 0.717) is 17.2 Å². The molecular weight excluding hydrogens is 388 g/mol. The molecule has 6 nitrogen and oxygen atoms in total. The molecule has 0 saturated carbocycles. The van der Waals surface area contributed by atoms with Crippen molar-refractivity contribution in [3.8, 4) is 11.1 Å². The molecule has 0 radical (unpaired) electrons. The molecule has 158 valence electrons. The lowest BCUT2D eigenvalue weighted by atomic mass is 10.1. The Bertz CT molecular complexity index is 1390. The maximum atomic E-state index is 12.9. The van der Waals surface area contributed by atoms with E-state index in [-0.39, 0.29) is 5.63 Å². The predicted octanol–water partition coefficient (Wildman–Crippen LogP) is 3.86. The van der Waals surface area contributed by atoms with Crippen LogP contribution in [0.25, 0.3) is 27.6 Å². The van der Waals surface area contributed by atoms with E-state index < -0.39 is 0 Å². The van der Waals surface area contributed by atoms with E-state index in [1.165, 1.54) is 13.0 Å². The van der Waals surface area contributed by atoms with Crippen molar-refractivity contribution in [1.82, 2.24) is 14.3 Å². The van der Waals surface area contributed by atoms with Crippen molar-refractivity contribution in [1.29, 1.82) is 0 Å². The van der Waals surface area contributed by atoms with Crippen molar-refractivity contribution in [3.05, 3.63) is 64.5 Å². The van der Waals surface area contributed by atoms with E-state index in [9.17, 15) is 4.79 Å². The second-order valence-electron chi connectivity index (χ2n) is 9.16. The normalized spacial score (nSPS) is 21.5. The highest BCUT2D eigenvalue weighted by Crippen LogP contribution is 2.34. The van der Waals surface area contributed by atoms with Crippen LogP contribution < -0.4 is 10.5 Å². The molecule has 0 N–H and O–H groups in total. The van der Waals surface area contributed by atoms with Gasteiger partial charge in [-0.3, -0.25) is 4.98 Å². The smallest absolute Gasteiger partial charge is 0.344 e. The Morgan fingerprint density at radius 2 is 1.97 bits per heavy atom. The molecular formula is C25H26N4O2. The van der Waals surface area contributed by atoms with Gasteiger partial charge < -0.3 is 18.6 Å². The Labute approximate surface area is 180 Å². The number of likely N-dealkylation sites (N-methyl/N-ethyl adjacent to an activating group) is 1. The van der Waals surface area contributed by atoms with E-state index in [1.807, 2.05) is 48.8 Å². The van der Waals surface area contributed by atoms with Gasteiger partial charge in [0.15, 0.2) is 0 Å². The lowest BCUT2D eigenvalue weighted by Gasteiger charge is -2.22. The zero-order valence-corrected chi connectivity index (χ0v) is 18.1. The van der Waals surface area contributed by atoms with Crippen LogP contribution in [0.1, 0.15) is 17.8 Å². The number of nitrogens with zero attached hydrogens (tertiary/aromatic N) is 4. The largest absolute Gasteiger partial charge is 0.422 e. The number of anilines is 1.